The van der Waals surface area contributed by atoms with Crippen molar-refractivity contribution in [1.29, 1.82) is 0 Å². The molecule has 1 saturated heterocycles. The van der Waals surface area contributed by atoms with Crippen LogP contribution in [-0.2, 0) is 11.3 Å². The fourth-order valence-electron chi connectivity index (χ4n) is 2.91. The van der Waals surface area contributed by atoms with Crippen molar-refractivity contribution in [2.24, 2.45) is 0 Å². The first-order chi connectivity index (χ1) is 10.2. The number of hydrogen-bond acceptors (Lipinski definition) is 3. The molecule has 1 unspecified atom stereocenters. The number of fused-ring (bicyclic) bond motifs is 1. The number of aromatic nitrogens is 2. The lowest BCUT2D eigenvalue weighted by Gasteiger charge is -2.27. The third-order valence-electron chi connectivity index (χ3n) is 4.11. The maximum absolute atomic E-state index is 6.34. The minimum absolute atomic E-state index is 0.0820. The lowest BCUT2D eigenvalue weighted by atomic mass is 10.2. The minimum atomic E-state index is -0.0820. The number of aryl methyl sites for hydroxylation is 1. The van der Waals surface area contributed by atoms with Crippen molar-refractivity contribution in [2.45, 2.75) is 25.8 Å². The number of benzene rings is 1. The Morgan fingerprint density at radius 1 is 1.29 bits per heavy atom. The highest BCUT2D eigenvalue weighted by atomic mass is 35.5. The van der Waals surface area contributed by atoms with Gasteiger partial charge in [-0.3, -0.25) is 4.90 Å². The summed E-state index contributed by atoms with van der Waals surface area (Å²) >= 11 is 6.34. The zero-order chi connectivity index (χ0) is 14.8. The third-order valence-corrected chi connectivity index (χ3v) is 4.30. The van der Waals surface area contributed by atoms with E-state index in [-0.39, 0.29) is 5.38 Å². The summed E-state index contributed by atoms with van der Waals surface area (Å²) in [5.41, 5.74) is 3.46. The second kappa shape index (κ2) is 6.34. The number of imidazole rings is 1. The average Bonchev–Trinajstić information content (AvgIpc) is 2.87. The Kier molecular flexibility index (Phi) is 4.48. The Morgan fingerprint density at radius 3 is 2.76 bits per heavy atom. The molecule has 0 spiro atoms. The van der Waals surface area contributed by atoms with E-state index < -0.39 is 0 Å². The van der Waals surface area contributed by atoms with Gasteiger partial charge in [-0.1, -0.05) is 12.1 Å². The normalized spacial score (nSPS) is 18.2. The van der Waals surface area contributed by atoms with Gasteiger partial charge in [-0.05, 0) is 25.5 Å². The second-order valence-electron chi connectivity index (χ2n) is 5.63. The fraction of sp³-hybridized carbons (Fsp3) is 0.562. The molecule has 0 N–H and O–H groups in total. The smallest absolute Gasteiger partial charge is 0.127 e. The van der Waals surface area contributed by atoms with Gasteiger partial charge in [0.1, 0.15) is 5.82 Å². The van der Waals surface area contributed by atoms with Crippen molar-refractivity contribution in [3.05, 3.63) is 29.6 Å². The fourth-order valence-corrected chi connectivity index (χ4v) is 3.08. The summed E-state index contributed by atoms with van der Waals surface area (Å²) in [5.74, 6) is 0.967. The van der Waals surface area contributed by atoms with Crippen LogP contribution in [0, 0.1) is 6.92 Å². The average molecular weight is 308 g/mol. The van der Waals surface area contributed by atoms with Crippen LogP contribution in [0.4, 0.5) is 0 Å². The van der Waals surface area contributed by atoms with E-state index >= 15 is 0 Å². The van der Waals surface area contributed by atoms with Crippen molar-refractivity contribution in [2.75, 3.05) is 32.8 Å². The van der Waals surface area contributed by atoms with Gasteiger partial charge < -0.3 is 9.30 Å². The Bertz CT molecular complexity index is 617. The predicted octanol–water partition coefficient (Wildman–Crippen LogP) is 2.98. The summed E-state index contributed by atoms with van der Waals surface area (Å²) in [6.45, 7) is 9.72. The van der Waals surface area contributed by atoms with Crippen LogP contribution < -0.4 is 0 Å². The monoisotopic (exact) mass is 307 g/mol. The van der Waals surface area contributed by atoms with Crippen LogP contribution >= 0.6 is 11.6 Å². The van der Waals surface area contributed by atoms with E-state index in [0.29, 0.717) is 0 Å². The van der Waals surface area contributed by atoms with Crippen LogP contribution in [0.3, 0.4) is 0 Å². The molecule has 1 aliphatic heterocycles. The Labute approximate surface area is 130 Å². The highest BCUT2D eigenvalue weighted by molar-refractivity contribution is 6.20. The molecular weight excluding hydrogens is 286 g/mol. The number of nitrogens with zero attached hydrogens (tertiary/aromatic N) is 3. The van der Waals surface area contributed by atoms with Crippen LogP contribution in [0.25, 0.3) is 11.0 Å². The number of ether oxygens (including phenoxy) is 1. The van der Waals surface area contributed by atoms with Gasteiger partial charge >= 0.3 is 0 Å². The van der Waals surface area contributed by atoms with Gasteiger partial charge in [-0.2, -0.15) is 0 Å². The molecule has 3 rings (SSSR count). The van der Waals surface area contributed by atoms with Gasteiger partial charge in [0.05, 0.1) is 29.6 Å². The van der Waals surface area contributed by atoms with E-state index in [1.165, 1.54) is 11.1 Å². The van der Waals surface area contributed by atoms with Gasteiger partial charge in [0.2, 0.25) is 0 Å². The summed E-state index contributed by atoms with van der Waals surface area (Å²) < 4.78 is 7.68. The van der Waals surface area contributed by atoms with Crippen molar-refractivity contribution in [3.63, 3.8) is 0 Å². The molecule has 0 saturated carbocycles. The van der Waals surface area contributed by atoms with Crippen LogP contribution in [-0.4, -0.2) is 47.3 Å². The van der Waals surface area contributed by atoms with Crippen molar-refractivity contribution in [1.82, 2.24) is 14.5 Å². The standard InChI is InChI=1S/C16H22ClN3O/c1-12-4-3-5-14-15(12)18-16(13(2)17)20(14)7-6-19-8-10-21-11-9-19/h3-5,13H,6-11H2,1-2H3. The lowest BCUT2D eigenvalue weighted by Crippen LogP contribution is -2.38. The van der Waals surface area contributed by atoms with Crippen LogP contribution in [0.15, 0.2) is 18.2 Å². The molecule has 21 heavy (non-hydrogen) atoms. The first kappa shape index (κ1) is 14.8. The van der Waals surface area contributed by atoms with Crippen LogP contribution in [0.1, 0.15) is 23.7 Å². The molecule has 0 radical (unpaired) electrons. The van der Waals surface area contributed by atoms with E-state index in [1.54, 1.807) is 0 Å². The van der Waals surface area contributed by atoms with Gasteiger partial charge in [0.25, 0.3) is 0 Å². The molecule has 1 atom stereocenters. The molecule has 1 aliphatic rings. The molecule has 1 aromatic heterocycles. The summed E-state index contributed by atoms with van der Waals surface area (Å²) in [7, 11) is 0. The maximum Gasteiger partial charge on any atom is 0.127 e. The first-order valence-electron chi connectivity index (χ1n) is 7.56. The second-order valence-corrected chi connectivity index (χ2v) is 6.29. The molecule has 1 fully saturated rings. The molecular formula is C16H22ClN3O. The van der Waals surface area contributed by atoms with Crippen LogP contribution in [0.2, 0.25) is 0 Å². The lowest BCUT2D eigenvalue weighted by molar-refractivity contribution is 0.0364. The number of morpholine rings is 1. The molecule has 4 nitrogen and oxygen atoms in total. The summed E-state index contributed by atoms with van der Waals surface area (Å²) in [4.78, 5) is 7.20. The van der Waals surface area contributed by atoms with E-state index in [1.807, 2.05) is 6.92 Å². The third kappa shape index (κ3) is 3.07. The van der Waals surface area contributed by atoms with Crippen molar-refractivity contribution >= 4 is 22.6 Å². The summed E-state index contributed by atoms with van der Waals surface area (Å²) in [5, 5.41) is -0.0820. The van der Waals surface area contributed by atoms with Gasteiger partial charge in [0.15, 0.2) is 0 Å². The SMILES string of the molecule is Cc1cccc2c1nc(C(C)Cl)n2CCN1CCOCC1. The Hall–Kier alpha value is -1.10. The predicted molar refractivity (Wildman–Crippen MR) is 86.0 cm³/mol. The largest absolute Gasteiger partial charge is 0.379 e. The molecule has 0 amide bonds. The number of hydrogen-bond donors (Lipinski definition) is 0. The zero-order valence-electron chi connectivity index (χ0n) is 12.7. The topological polar surface area (TPSA) is 30.3 Å². The quantitative estimate of drug-likeness (QED) is 0.814. The van der Waals surface area contributed by atoms with Gasteiger partial charge in [-0.25, -0.2) is 4.98 Å². The molecule has 2 heterocycles. The molecule has 114 valence electrons. The number of alkyl halides is 1. The summed E-state index contributed by atoms with van der Waals surface area (Å²) in [6, 6.07) is 6.33. The Balaban J connectivity index is 1.88. The van der Waals surface area contributed by atoms with Crippen LogP contribution in [0.5, 0.6) is 0 Å². The molecule has 0 bridgehead atoms. The molecule has 1 aromatic carbocycles. The van der Waals surface area contributed by atoms with Crippen molar-refractivity contribution < 1.29 is 4.74 Å². The van der Waals surface area contributed by atoms with E-state index in [2.05, 4.69) is 34.6 Å². The molecule has 2 aromatic rings. The Morgan fingerprint density at radius 2 is 2.05 bits per heavy atom. The number of halogens is 1. The van der Waals surface area contributed by atoms with Gasteiger partial charge in [-0.15, -0.1) is 11.6 Å². The minimum Gasteiger partial charge on any atom is -0.379 e. The highest BCUT2D eigenvalue weighted by Gasteiger charge is 2.17. The molecule has 5 heteroatoms. The van der Waals surface area contributed by atoms with E-state index in [4.69, 9.17) is 21.3 Å². The summed E-state index contributed by atoms with van der Waals surface area (Å²) in [6.07, 6.45) is 0. The highest BCUT2D eigenvalue weighted by Crippen LogP contribution is 2.26. The number of para-hydroxylation sites is 1. The van der Waals surface area contributed by atoms with E-state index in [0.717, 1.165) is 50.7 Å². The maximum atomic E-state index is 6.34. The van der Waals surface area contributed by atoms with Crippen molar-refractivity contribution in [3.8, 4) is 0 Å². The molecule has 0 aliphatic carbocycles. The zero-order valence-corrected chi connectivity index (χ0v) is 13.4. The van der Waals surface area contributed by atoms with Gasteiger partial charge in [0, 0.05) is 26.2 Å². The number of rotatable bonds is 4. The van der Waals surface area contributed by atoms with E-state index in [9.17, 15) is 0 Å². The first-order valence-corrected chi connectivity index (χ1v) is 8.00.